The molecule has 0 unspecified atom stereocenters. The second-order valence-electron chi connectivity index (χ2n) is 6.10. The second-order valence-corrected chi connectivity index (χ2v) is 6.10. The SMILES string of the molecule is CCCOCCOCCOCCOc1ccc(C(=O)C(C)(C)O)cc1. The molecule has 0 heterocycles. The van der Waals surface area contributed by atoms with Gasteiger partial charge in [-0.05, 0) is 44.5 Å². The average Bonchev–Trinajstić information content (AvgIpc) is 2.59. The lowest BCUT2D eigenvalue weighted by Gasteiger charge is -2.15. The number of carbonyl (C=O) groups excluding carboxylic acids is 1. The molecule has 6 nitrogen and oxygen atoms in total. The Kier molecular flexibility index (Phi) is 10.3. The standard InChI is InChI=1S/C19H30O6/c1-4-9-22-10-11-23-12-13-24-14-15-25-17-7-5-16(6-8-17)18(20)19(2,3)21/h5-8,21H,4,9-15H2,1-3H3. The number of ketones is 1. The summed E-state index contributed by atoms with van der Waals surface area (Å²) in [5.74, 6) is 0.336. The van der Waals surface area contributed by atoms with Gasteiger partial charge in [0.2, 0.25) is 0 Å². The van der Waals surface area contributed by atoms with E-state index in [0.29, 0.717) is 51.0 Å². The lowest BCUT2D eigenvalue weighted by Crippen LogP contribution is -2.30. The molecular weight excluding hydrogens is 324 g/mol. The van der Waals surface area contributed by atoms with Crippen molar-refractivity contribution in [1.82, 2.24) is 0 Å². The van der Waals surface area contributed by atoms with Crippen LogP contribution in [0.4, 0.5) is 0 Å². The molecule has 0 bridgehead atoms. The van der Waals surface area contributed by atoms with Crippen LogP contribution in [-0.2, 0) is 14.2 Å². The summed E-state index contributed by atoms with van der Waals surface area (Å²) in [5.41, 5.74) is -0.920. The number of Topliss-reactive ketones (excluding diaryl/α,β-unsaturated/α-hetero) is 1. The van der Waals surface area contributed by atoms with E-state index >= 15 is 0 Å². The van der Waals surface area contributed by atoms with Gasteiger partial charge in [0.15, 0.2) is 5.78 Å². The minimum Gasteiger partial charge on any atom is -0.491 e. The van der Waals surface area contributed by atoms with Gasteiger partial charge in [-0.2, -0.15) is 0 Å². The summed E-state index contributed by atoms with van der Waals surface area (Å²) in [6.07, 6.45) is 1.02. The second kappa shape index (κ2) is 12.0. The van der Waals surface area contributed by atoms with Crippen molar-refractivity contribution in [2.45, 2.75) is 32.8 Å². The Morgan fingerprint density at radius 1 is 0.880 bits per heavy atom. The smallest absolute Gasteiger partial charge is 0.193 e. The third kappa shape index (κ3) is 9.55. The van der Waals surface area contributed by atoms with Gasteiger partial charge in [-0.15, -0.1) is 0 Å². The van der Waals surface area contributed by atoms with Gasteiger partial charge in [-0.1, -0.05) is 6.92 Å². The van der Waals surface area contributed by atoms with Crippen LogP contribution in [0.2, 0.25) is 0 Å². The Labute approximate surface area is 150 Å². The van der Waals surface area contributed by atoms with Gasteiger partial charge in [0, 0.05) is 12.2 Å². The Bertz CT molecular complexity index is 478. The highest BCUT2D eigenvalue weighted by molar-refractivity contribution is 6.01. The molecule has 1 N–H and O–H groups in total. The third-order valence-corrected chi connectivity index (χ3v) is 3.26. The van der Waals surface area contributed by atoms with Gasteiger partial charge < -0.3 is 24.1 Å². The quantitative estimate of drug-likeness (QED) is 0.409. The van der Waals surface area contributed by atoms with Crippen LogP contribution in [0, 0.1) is 0 Å². The van der Waals surface area contributed by atoms with E-state index in [1.807, 2.05) is 0 Å². The molecule has 6 heteroatoms. The highest BCUT2D eigenvalue weighted by Crippen LogP contribution is 2.17. The van der Waals surface area contributed by atoms with E-state index in [2.05, 4.69) is 6.92 Å². The predicted molar refractivity (Wildman–Crippen MR) is 95.3 cm³/mol. The van der Waals surface area contributed by atoms with Crippen molar-refractivity contribution in [1.29, 1.82) is 0 Å². The fourth-order valence-electron chi connectivity index (χ4n) is 1.96. The summed E-state index contributed by atoms with van der Waals surface area (Å²) in [5, 5.41) is 9.71. The van der Waals surface area contributed by atoms with Gasteiger partial charge in [-0.25, -0.2) is 0 Å². The van der Waals surface area contributed by atoms with E-state index < -0.39 is 5.60 Å². The van der Waals surface area contributed by atoms with Gasteiger partial charge in [-0.3, -0.25) is 4.79 Å². The minimum atomic E-state index is -1.37. The maximum Gasteiger partial charge on any atom is 0.193 e. The molecule has 0 aliphatic carbocycles. The van der Waals surface area contributed by atoms with E-state index in [-0.39, 0.29) is 5.78 Å². The maximum absolute atomic E-state index is 11.9. The van der Waals surface area contributed by atoms with Crippen molar-refractivity contribution in [3.63, 3.8) is 0 Å². The van der Waals surface area contributed by atoms with Crippen LogP contribution in [0.15, 0.2) is 24.3 Å². The molecule has 0 saturated heterocycles. The fourth-order valence-corrected chi connectivity index (χ4v) is 1.96. The first kappa shape index (κ1) is 21.6. The molecule has 0 radical (unpaired) electrons. The van der Waals surface area contributed by atoms with Crippen molar-refractivity contribution in [3.05, 3.63) is 29.8 Å². The lowest BCUT2D eigenvalue weighted by atomic mass is 9.97. The highest BCUT2D eigenvalue weighted by atomic mass is 16.6. The van der Waals surface area contributed by atoms with E-state index in [1.54, 1.807) is 24.3 Å². The van der Waals surface area contributed by atoms with E-state index in [1.165, 1.54) is 13.8 Å². The number of benzene rings is 1. The third-order valence-electron chi connectivity index (χ3n) is 3.26. The monoisotopic (exact) mass is 354 g/mol. The van der Waals surface area contributed by atoms with Crippen molar-refractivity contribution in [2.75, 3.05) is 46.2 Å². The summed E-state index contributed by atoms with van der Waals surface area (Å²) in [6.45, 7) is 8.89. The fraction of sp³-hybridized carbons (Fsp3) is 0.632. The Balaban J connectivity index is 2.08. The molecule has 0 fully saturated rings. The van der Waals surface area contributed by atoms with Gasteiger partial charge in [0.05, 0.1) is 33.0 Å². The molecule has 0 aliphatic heterocycles. The minimum absolute atomic E-state index is 0.317. The molecule has 0 amide bonds. The largest absolute Gasteiger partial charge is 0.491 e. The molecule has 0 aliphatic rings. The molecule has 1 aromatic carbocycles. The van der Waals surface area contributed by atoms with Crippen LogP contribution < -0.4 is 4.74 Å². The first-order chi connectivity index (χ1) is 11.9. The number of ether oxygens (including phenoxy) is 4. The van der Waals surface area contributed by atoms with E-state index in [4.69, 9.17) is 18.9 Å². The van der Waals surface area contributed by atoms with Crippen LogP contribution in [0.25, 0.3) is 0 Å². The van der Waals surface area contributed by atoms with Crippen molar-refractivity contribution >= 4 is 5.78 Å². The number of hydrogen-bond donors (Lipinski definition) is 1. The molecule has 0 spiro atoms. The Hall–Kier alpha value is -1.47. The van der Waals surface area contributed by atoms with Gasteiger partial charge in [0.25, 0.3) is 0 Å². The molecular formula is C19H30O6. The first-order valence-corrected chi connectivity index (χ1v) is 8.68. The number of aliphatic hydroxyl groups is 1. The molecule has 1 aromatic rings. The Morgan fingerprint density at radius 3 is 1.84 bits per heavy atom. The van der Waals surface area contributed by atoms with Crippen molar-refractivity contribution in [3.8, 4) is 5.75 Å². The molecule has 25 heavy (non-hydrogen) atoms. The van der Waals surface area contributed by atoms with Crippen LogP contribution in [0.5, 0.6) is 5.75 Å². The summed E-state index contributed by atoms with van der Waals surface area (Å²) in [6, 6.07) is 6.70. The summed E-state index contributed by atoms with van der Waals surface area (Å²) >= 11 is 0. The van der Waals surface area contributed by atoms with Gasteiger partial charge in [0.1, 0.15) is 18.0 Å². The lowest BCUT2D eigenvalue weighted by molar-refractivity contribution is 0.00945. The topological polar surface area (TPSA) is 74.2 Å². The van der Waals surface area contributed by atoms with Crippen LogP contribution in [0.1, 0.15) is 37.6 Å². The maximum atomic E-state index is 11.9. The van der Waals surface area contributed by atoms with E-state index in [0.717, 1.165) is 13.0 Å². The van der Waals surface area contributed by atoms with Crippen molar-refractivity contribution < 1.29 is 28.8 Å². The summed E-state index contributed by atoms with van der Waals surface area (Å²) in [4.78, 5) is 11.9. The van der Waals surface area contributed by atoms with Crippen LogP contribution in [-0.4, -0.2) is 62.7 Å². The van der Waals surface area contributed by atoms with Crippen molar-refractivity contribution in [2.24, 2.45) is 0 Å². The first-order valence-electron chi connectivity index (χ1n) is 8.68. The molecule has 1 rings (SSSR count). The van der Waals surface area contributed by atoms with Crippen LogP contribution >= 0.6 is 0 Å². The normalized spacial score (nSPS) is 11.5. The highest BCUT2D eigenvalue weighted by Gasteiger charge is 2.24. The average molecular weight is 354 g/mol. The predicted octanol–water partition coefficient (Wildman–Crippen LogP) is 2.48. The molecule has 0 saturated carbocycles. The Morgan fingerprint density at radius 2 is 1.36 bits per heavy atom. The molecule has 0 aromatic heterocycles. The summed E-state index contributed by atoms with van der Waals surface area (Å²) < 4.78 is 21.6. The van der Waals surface area contributed by atoms with Crippen LogP contribution in [0.3, 0.4) is 0 Å². The molecule has 0 atom stereocenters. The number of hydrogen-bond acceptors (Lipinski definition) is 6. The number of carbonyl (C=O) groups is 1. The zero-order valence-electron chi connectivity index (χ0n) is 15.5. The molecule has 142 valence electrons. The zero-order chi connectivity index (χ0) is 18.5. The summed E-state index contributed by atoms with van der Waals surface area (Å²) in [7, 11) is 0. The van der Waals surface area contributed by atoms with Gasteiger partial charge >= 0.3 is 0 Å². The van der Waals surface area contributed by atoms with E-state index in [9.17, 15) is 9.90 Å². The zero-order valence-corrected chi connectivity index (χ0v) is 15.5. The number of rotatable bonds is 14.